The van der Waals surface area contributed by atoms with Crippen LogP contribution in [0.15, 0.2) is 47.4 Å². The molecule has 0 aliphatic rings. The molecule has 0 bridgehead atoms. The Morgan fingerprint density at radius 2 is 1.70 bits per heavy atom. The maximum atomic E-state index is 12.4. The molecule has 0 aliphatic heterocycles. The number of aryl methyl sites for hydroxylation is 1. The Morgan fingerprint density at radius 1 is 1.09 bits per heavy atom. The number of nitrogens with one attached hydrogen (secondary N) is 1. The van der Waals surface area contributed by atoms with Crippen molar-refractivity contribution >= 4 is 37.1 Å². The maximum absolute atomic E-state index is 12.4. The average molecular weight is 498 g/mol. The summed E-state index contributed by atoms with van der Waals surface area (Å²) in [5.41, 5.74) is 1.26. The Balaban J connectivity index is 2.04. The largest absolute Gasteiger partial charge is 0.350 e. The molecule has 1 N–H and O–H groups in total. The Kier molecular flexibility index (Phi) is 8.20. The second-order valence-corrected chi connectivity index (χ2v) is 11.7. The second-order valence-electron chi connectivity index (χ2n) is 7.80. The highest BCUT2D eigenvalue weighted by Crippen LogP contribution is 2.28. The van der Waals surface area contributed by atoms with Crippen molar-refractivity contribution in [1.29, 1.82) is 0 Å². The number of sulfonamides is 1. The lowest BCUT2D eigenvalue weighted by molar-refractivity contribution is -0.384. The molecule has 0 saturated carbocycles. The van der Waals surface area contributed by atoms with Gasteiger partial charge < -0.3 is 5.32 Å². The van der Waals surface area contributed by atoms with Gasteiger partial charge in [0.1, 0.15) is 0 Å². The normalized spacial score (nSPS) is 12.7. The average Bonchev–Trinajstić information content (AvgIpc) is 2.70. The molecule has 2 rings (SSSR count). The fourth-order valence-corrected chi connectivity index (χ4v) is 4.87. The highest BCUT2D eigenvalue weighted by Gasteiger charge is 2.22. The summed E-state index contributed by atoms with van der Waals surface area (Å²) < 4.78 is 48.8. The standard InChI is InChI=1S/C21H27N3O7S2/c1-15-7-10-18(24(26)27)14-20(15)23(33(4,30)31)13-5-6-21(25)22-16(2)17-8-11-19(12-9-17)32(3,28)29/h7-12,14,16H,5-6,13H2,1-4H3,(H,22,25)/t16-/m1/s1. The highest BCUT2D eigenvalue weighted by molar-refractivity contribution is 7.92. The van der Waals surface area contributed by atoms with E-state index in [1.165, 1.54) is 30.3 Å². The molecule has 0 unspecified atom stereocenters. The van der Waals surface area contributed by atoms with E-state index < -0.39 is 24.8 Å². The summed E-state index contributed by atoms with van der Waals surface area (Å²) in [7, 11) is -7.05. The van der Waals surface area contributed by atoms with Crippen LogP contribution in [-0.2, 0) is 24.7 Å². The number of hydrogen-bond acceptors (Lipinski definition) is 7. The predicted molar refractivity (Wildman–Crippen MR) is 125 cm³/mol. The molecule has 2 aromatic carbocycles. The van der Waals surface area contributed by atoms with Crippen LogP contribution < -0.4 is 9.62 Å². The van der Waals surface area contributed by atoms with Gasteiger partial charge in [0.15, 0.2) is 9.84 Å². The van der Waals surface area contributed by atoms with Crippen molar-refractivity contribution in [3.63, 3.8) is 0 Å². The van der Waals surface area contributed by atoms with Crippen molar-refractivity contribution < 1.29 is 26.6 Å². The van der Waals surface area contributed by atoms with Gasteiger partial charge in [-0.25, -0.2) is 16.8 Å². The van der Waals surface area contributed by atoms with Crippen LogP contribution in [0.2, 0.25) is 0 Å². The van der Waals surface area contributed by atoms with Gasteiger partial charge in [-0.1, -0.05) is 18.2 Å². The monoisotopic (exact) mass is 497 g/mol. The van der Waals surface area contributed by atoms with E-state index in [9.17, 15) is 31.7 Å². The number of rotatable bonds is 10. The van der Waals surface area contributed by atoms with Crippen molar-refractivity contribution in [1.82, 2.24) is 5.32 Å². The molecule has 10 nitrogen and oxygen atoms in total. The number of sulfone groups is 1. The molecule has 0 spiro atoms. The SMILES string of the molecule is Cc1ccc([N+](=O)[O-])cc1N(CCCC(=O)N[C@H](C)c1ccc(S(C)(=O)=O)cc1)S(C)(=O)=O. The fourth-order valence-electron chi connectivity index (χ4n) is 3.23. The number of carbonyl (C=O) groups is 1. The fraction of sp³-hybridized carbons (Fsp3) is 0.381. The summed E-state index contributed by atoms with van der Waals surface area (Å²) in [5.74, 6) is -0.307. The molecule has 0 heterocycles. The molecular formula is C21H27N3O7S2. The van der Waals surface area contributed by atoms with Crippen LogP contribution in [0.5, 0.6) is 0 Å². The van der Waals surface area contributed by atoms with Crippen LogP contribution in [0.25, 0.3) is 0 Å². The zero-order chi connectivity index (χ0) is 25.0. The van der Waals surface area contributed by atoms with Crippen LogP contribution in [0.3, 0.4) is 0 Å². The smallest absolute Gasteiger partial charge is 0.271 e. The first-order valence-corrected chi connectivity index (χ1v) is 13.8. The molecule has 180 valence electrons. The Labute approximate surface area is 193 Å². The van der Waals surface area contributed by atoms with Gasteiger partial charge in [0.2, 0.25) is 15.9 Å². The van der Waals surface area contributed by atoms with Gasteiger partial charge in [-0.05, 0) is 43.5 Å². The molecular weight excluding hydrogens is 470 g/mol. The van der Waals surface area contributed by atoms with E-state index in [0.29, 0.717) is 5.56 Å². The first kappa shape index (κ1) is 26.3. The van der Waals surface area contributed by atoms with Crippen LogP contribution in [-0.4, -0.2) is 46.7 Å². The van der Waals surface area contributed by atoms with Crippen LogP contribution in [0, 0.1) is 17.0 Å². The van der Waals surface area contributed by atoms with Gasteiger partial charge in [-0.15, -0.1) is 0 Å². The third-order valence-corrected chi connectivity index (χ3v) is 7.33. The molecule has 0 saturated heterocycles. The predicted octanol–water partition coefficient (Wildman–Crippen LogP) is 2.73. The Morgan fingerprint density at radius 3 is 2.21 bits per heavy atom. The molecule has 12 heteroatoms. The van der Waals surface area contributed by atoms with Gasteiger partial charge >= 0.3 is 0 Å². The lowest BCUT2D eigenvalue weighted by Crippen LogP contribution is -2.33. The summed E-state index contributed by atoms with van der Waals surface area (Å²) in [4.78, 5) is 23.0. The maximum Gasteiger partial charge on any atom is 0.271 e. The minimum Gasteiger partial charge on any atom is -0.350 e. The van der Waals surface area contributed by atoms with E-state index in [2.05, 4.69) is 5.32 Å². The van der Waals surface area contributed by atoms with E-state index in [4.69, 9.17) is 0 Å². The van der Waals surface area contributed by atoms with E-state index in [-0.39, 0.29) is 47.6 Å². The summed E-state index contributed by atoms with van der Waals surface area (Å²) in [6, 6.07) is 9.80. The van der Waals surface area contributed by atoms with Crippen LogP contribution >= 0.6 is 0 Å². The number of benzene rings is 2. The third-order valence-electron chi connectivity index (χ3n) is 5.02. The number of carbonyl (C=O) groups excluding carboxylic acids is 1. The number of non-ortho nitro benzene ring substituents is 1. The van der Waals surface area contributed by atoms with Gasteiger partial charge in [0, 0.05) is 31.4 Å². The Hall–Kier alpha value is -2.99. The minimum absolute atomic E-state index is 0.0221. The highest BCUT2D eigenvalue weighted by atomic mass is 32.2. The molecule has 0 aliphatic carbocycles. The first-order chi connectivity index (χ1) is 15.2. The van der Waals surface area contributed by atoms with Gasteiger partial charge in [0.25, 0.3) is 5.69 Å². The van der Waals surface area contributed by atoms with Crippen molar-refractivity contribution in [2.45, 2.75) is 37.6 Å². The Bertz CT molecular complexity index is 1240. The number of anilines is 1. The van der Waals surface area contributed by atoms with E-state index in [0.717, 1.165) is 22.4 Å². The second kappa shape index (κ2) is 10.3. The molecule has 0 aromatic heterocycles. The van der Waals surface area contributed by atoms with E-state index >= 15 is 0 Å². The van der Waals surface area contributed by atoms with Crippen LogP contribution in [0.4, 0.5) is 11.4 Å². The molecule has 0 fully saturated rings. The number of nitrogens with zero attached hydrogens (tertiary/aromatic N) is 2. The van der Waals surface area contributed by atoms with E-state index in [1.807, 2.05) is 0 Å². The summed E-state index contributed by atoms with van der Waals surface area (Å²) >= 11 is 0. The minimum atomic E-state index is -3.73. The molecule has 2 aromatic rings. The molecule has 1 amide bonds. The third kappa shape index (κ3) is 7.26. The quantitative estimate of drug-likeness (QED) is 0.392. The van der Waals surface area contributed by atoms with Gasteiger partial charge in [-0.2, -0.15) is 0 Å². The first-order valence-electron chi connectivity index (χ1n) is 10.0. The zero-order valence-electron chi connectivity index (χ0n) is 18.8. The van der Waals surface area contributed by atoms with Crippen molar-refractivity contribution in [3.05, 3.63) is 63.7 Å². The van der Waals surface area contributed by atoms with Gasteiger partial charge in [0.05, 0.1) is 27.8 Å². The van der Waals surface area contributed by atoms with Crippen molar-refractivity contribution in [2.75, 3.05) is 23.4 Å². The number of nitro benzene ring substituents is 1. The number of amides is 1. The summed E-state index contributed by atoms with van der Waals surface area (Å²) in [6.45, 7) is 3.38. The van der Waals surface area contributed by atoms with Gasteiger partial charge in [-0.3, -0.25) is 19.2 Å². The van der Waals surface area contributed by atoms with Crippen LogP contribution in [0.1, 0.15) is 36.9 Å². The topological polar surface area (TPSA) is 144 Å². The molecule has 1 atom stereocenters. The number of hydrogen-bond donors (Lipinski definition) is 1. The molecule has 33 heavy (non-hydrogen) atoms. The summed E-state index contributed by atoms with van der Waals surface area (Å²) in [5, 5.41) is 13.9. The van der Waals surface area contributed by atoms with E-state index in [1.54, 1.807) is 26.0 Å². The van der Waals surface area contributed by atoms with Crippen molar-refractivity contribution in [2.24, 2.45) is 0 Å². The zero-order valence-corrected chi connectivity index (χ0v) is 20.4. The number of nitro groups is 1. The van der Waals surface area contributed by atoms with Crippen molar-refractivity contribution in [3.8, 4) is 0 Å². The lowest BCUT2D eigenvalue weighted by atomic mass is 10.1. The summed E-state index contributed by atoms with van der Waals surface area (Å²) in [6.07, 6.45) is 2.35. The molecule has 0 radical (unpaired) electrons. The lowest BCUT2D eigenvalue weighted by Gasteiger charge is -2.24.